The number of nitrogens with one attached hydrogen (secondary N) is 2. The molecule has 2 amide bonds. The highest BCUT2D eigenvalue weighted by atomic mass is 32.2. The average Bonchev–Trinajstić information content (AvgIpc) is 2.65. The molecule has 0 spiro atoms. The molecule has 2 N–H and O–H groups in total. The molecule has 2 rings (SSSR count). The number of amides is 2. The Morgan fingerprint density at radius 3 is 1.83 bits per heavy atom. The SMILES string of the molecule is CC(C)CCOc1ccc(C(=O)NNC(=O)c2ccc(CS(C)(=O)=O)cc2)cc1. The summed E-state index contributed by atoms with van der Waals surface area (Å²) < 4.78 is 28.2. The van der Waals surface area contributed by atoms with Gasteiger partial charge in [0, 0.05) is 17.4 Å². The van der Waals surface area contributed by atoms with Crippen molar-refractivity contribution in [2.24, 2.45) is 5.92 Å². The minimum atomic E-state index is -3.14. The fourth-order valence-corrected chi connectivity index (χ4v) is 3.23. The number of hydrazine groups is 1. The maximum absolute atomic E-state index is 12.2. The molecule has 7 nitrogen and oxygen atoms in total. The number of sulfone groups is 1. The van der Waals surface area contributed by atoms with E-state index in [9.17, 15) is 18.0 Å². The van der Waals surface area contributed by atoms with Crippen molar-refractivity contribution in [1.82, 2.24) is 10.9 Å². The van der Waals surface area contributed by atoms with E-state index in [-0.39, 0.29) is 5.75 Å². The van der Waals surface area contributed by atoms with E-state index in [0.29, 0.717) is 35.0 Å². The third-order valence-corrected chi connectivity index (χ3v) is 4.87. The highest BCUT2D eigenvalue weighted by molar-refractivity contribution is 7.89. The van der Waals surface area contributed by atoms with Crippen molar-refractivity contribution in [3.05, 3.63) is 65.2 Å². The smallest absolute Gasteiger partial charge is 0.269 e. The lowest BCUT2D eigenvalue weighted by molar-refractivity contribution is 0.0846. The number of hydrogen-bond donors (Lipinski definition) is 2. The predicted molar refractivity (Wildman–Crippen MR) is 111 cm³/mol. The first-order valence-corrected chi connectivity index (χ1v) is 11.3. The van der Waals surface area contributed by atoms with E-state index in [1.54, 1.807) is 36.4 Å². The van der Waals surface area contributed by atoms with Crippen LogP contribution in [-0.2, 0) is 15.6 Å². The molecule has 29 heavy (non-hydrogen) atoms. The summed E-state index contributed by atoms with van der Waals surface area (Å²) >= 11 is 0. The fraction of sp³-hybridized carbons (Fsp3) is 0.333. The topological polar surface area (TPSA) is 102 Å². The number of benzene rings is 2. The third-order valence-electron chi connectivity index (χ3n) is 4.01. The van der Waals surface area contributed by atoms with E-state index >= 15 is 0 Å². The van der Waals surface area contributed by atoms with E-state index in [4.69, 9.17) is 4.74 Å². The van der Waals surface area contributed by atoms with Gasteiger partial charge in [0.05, 0.1) is 12.4 Å². The molecule has 0 saturated heterocycles. The van der Waals surface area contributed by atoms with Crippen LogP contribution < -0.4 is 15.6 Å². The molecule has 0 bridgehead atoms. The number of carbonyl (C=O) groups is 2. The summed E-state index contributed by atoms with van der Waals surface area (Å²) in [4.78, 5) is 24.3. The normalized spacial score (nSPS) is 11.2. The van der Waals surface area contributed by atoms with Gasteiger partial charge in [0.2, 0.25) is 0 Å². The summed E-state index contributed by atoms with van der Waals surface area (Å²) in [5.41, 5.74) is 5.96. The van der Waals surface area contributed by atoms with Gasteiger partial charge in [-0.1, -0.05) is 26.0 Å². The molecule has 0 saturated carbocycles. The molecular formula is C21H26N2O5S. The van der Waals surface area contributed by atoms with Gasteiger partial charge < -0.3 is 4.74 Å². The average molecular weight is 419 g/mol. The summed E-state index contributed by atoms with van der Waals surface area (Å²) in [6.07, 6.45) is 2.09. The molecule has 156 valence electrons. The second kappa shape index (κ2) is 10.1. The zero-order chi connectivity index (χ0) is 21.4. The molecule has 0 heterocycles. The number of rotatable bonds is 8. The molecule has 0 aliphatic carbocycles. The van der Waals surface area contributed by atoms with E-state index in [1.165, 1.54) is 12.1 Å². The molecule has 8 heteroatoms. The summed E-state index contributed by atoms with van der Waals surface area (Å²) in [6.45, 7) is 4.85. The molecule has 0 radical (unpaired) electrons. The zero-order valence-corrected chi connectivity index (χ0v) is 17.6. The molecule has 2 aromatic rings. The van der Waals surface area contributed by atoms with Crippen LogP contribution in [0.4, 0.5) is 0 Å². The van der Waals surface area contributed by atoms with Gasteiger partial charge in [0.1, 0.15) is 5.75 Å². The van der Waals surface area contributed by atoms with Gasteiger partial charge in [-0.2, -0.15) is 0 Å². The van der Waals surface area contributed by atoms with Crippen LogP contribution in [0.3, 0.4) is 0 Å². The van der Waals surface area contributed by atoms with Crippen molar-refractivity contribution >= 4 is 21.7 Å². The van der Waals surface area contributed by atoms with Crippen molar-refractivity contribution in [3.63, 3.8) is 0 Å². The van der Waals surface area contributed by atoms with E-state index in [1.807, 2.05) is 0 Å². The minimum Gasteiger partial charge on any atom is -0.494 e. The molecule has 2 aromatic carbocycles. The predicted octanol–water partition coefficient (Wildman–Crippen LogP) is 2.73. The van der Waals surface area contributed by atoms with Crippen LogP contribution in [0.2, 0.25) is 0 Å². The molecule has 0 unspecified atom stereocenters. The highest BCUT2D eigenvalue weighted by Crippen LogP contribution is 2.13. The monoisotopic (exact) mass is 418 g/mol. The van der Waals surface area contributed by atoms with Gasteiger partial charge in [-0.15, -0.1) is 0 Å². The van der Waals surface area contributed by atoms with Crippen LogP contribution in [0.5, 0.6) is 5.75 Å². The molecular weight excluding hydrogens is 392 g/mol. The van der Waals surface area contributed by atoms with E-state index in [0.717, 1.165) is 12.7 Å². The third kappa shape index (κ3) is 7.95. The Hall–Kier alpha value is -2.87. The Labute approximate surface area is 171 Å². The summed E-state index contributed by atoms with van der Waals surface area (Å²) in [7, 11) is -3.14. The Morgan fingerprint density at radius 2 is 1.38 bits per heavy atom. The first-order valence-electron chi connectivity index (χ1n) is 9.24. The second-order valence-electron chi connectivity index (χ2n) is 7.23. The van der Waals surface area contributed by atoms with E-state index in [2.05, 4.69) is 24.7 Å². The van der Waals surface area contributed by atoms with Gasteiger partial charge >= 0.3 is 0 Å². The number of carbonyl (C=O) groups excluding carboxylic acids is 2. The summed E-state index contributed by atoms with van der Waals surface area (Å²) in [5.74, 6) is 0.182. The van der Waals surface area contributed by atoms with Crippen molar-refractivity contribution in [2.45, 2.75) is 26.0 Å². The Balaban J connectivity index is 1.85. The molecule has 0 fully saturated rings. The quantitative estimate of drug-likeness (QED) is 0.642. The van der Waals surface area contributed by atoms with Crippen LogP contribution in [0, 0.1) is 5.92 Å². The highest BCUT2D eigenvalue weighted by Gasteiger charge is 2.11. The van der Waals surface area contributed by atoms with E-state index < -0.39 is 21.7 Å². The number of hydrogen-bond acceptors (Lipinski definition) is 5. The van der Waals surface area contributed by atoms with Gasteiger partial charge in [-0.25, -0.2) is 8.42 Å². The number of ether oxygens (including phenoxy) is 1. The largest absolute Gasteiger partial charge is 0.494 e. The van der Waals surface area contributed by atoms with Gasteiger partial charge in [0.15, 0.2) is 9.84 Å². The van der Waals surface area contributed by atoms with Crippen LogP contribution in [0.15, 0.2) is 48.5 Å². The fourth-order valence-electron chi connectivity index (χ4n) is 2.43. The van der Waals surface area contributed by atoms with Crippen molar-refractivity contribution in [2.75, 3.05) is 12.9 Å². The zero-order valence-electron chi connectivity index (χ0n) is 16.8. The van der Waals surface area contributed by atoms with Crippen molar-refractivity contribution in [3.8, 4) is 5.75 Å². The Bertz CT molecular complexity index is 936. The standard InChI is InChI=1S/C21H26N2O5S/c1-15(2)12-13-28-19-10-8-18(9-11-19)21(25)23-22-20(24)17-6-4-16(5-7-17)14-29(3,26)27/h4-11,15H,12-14H2,1-3H3,(H,22,24)(H,23,25). The van der Waals surface area contributed by atoms with Gasteiger partial charge in [-0.05, 0) is 54.3 Å². The minimum absolute atomic E-state index is 0.0944. The Kier molecular flexibility index (Phi) is 7.78. The maximum atomic E-state index is 12.2. The molecule has 0 aliphatic rings. The van der Waals surface area contributed by atoms with Crippen molar-refractivity contribution < 1.29 is 22.7 Å². The lowest BCUT2D eigenvalue weighted by atomic mass is 10.1. The lowest BCUT2D eigenvalue weighted by Gasteiger charge is -2.10. The summed E-state index contributed by atoms with van der Waals surface area (Å²) in [6, 6.07) is 12.8. The first-order chi connectivity index (χ1) is 13.6. The van der Waals surface area contributed by atoms with Crippen molar-refractivity contribution in [1.29, 1.82) is 0 Å². The Morgan fingerprint density at radius 1 is 0.897 bits per heavy atom. The second-order valence-corrected chi connectivity index (χ2v) is 9.37. The lowest BCUT2D eigenvalue weighted by Crippen LogP contribution is -2.41. The van der Waals surface area contributed by atoms with Gasteiger partial charge in [-0.3, -0.25) is 20.4 Å². The van der Waals surface area contributed by atoms with Crippen LogP contribution in [0.25, 0.3) is 0 Å². The van der Waals surface area contributed by atoms with Gasteiger partial charge in [0.25, 0.3) is 11.8 Å². The molecule has 0 aromatic heterocycles. The molecule has 0 aliphatic heterocycles. The van der Waals surface area contributed by atoms with Crippen LogP contribution in [-0.4, -0.2) is 33.1 Å². The first kappa shape index (κ1) is 22.4. The maximum Gasteiger partial charge on any atom is 0.269 e. The van der Waals surface area contributed by atoms with Crippen LogP contribution >= 0.6 is 0 Å². The summed E-state index contributed by atoms with van der Waals surface area (Å²) in [5, 5.41) is 0. The van der Waals surface area contributed by atoms with Crippen LogP contribution in [0.1, 0.15) is 46.5 Å². The molecule has 0 atom stereocenters.